The van der Waals surface area contributed by atoms with Crippen molar-refractivity contribution in [1.82, 2.24) is 15.0 Å². The van der Waals surface area contributed by atoms with Gasteiger partial charge in [0.2, 0.25) is 17.2 Å². The van der Waals surface area contributed by atoms with Crippen LogP contribution >= 0.6 is 11.6 Å². The molecule has 1 atom stereocenters. The van der Waals surface area contributed by atoms with Gasteiger partial charge in [-0.15, -0.1) is 0 Å². The van der Waals surface area contributed by atoms with Gasteiger partial charge in [0.15, 0.2) is 0 Å². The van der Waals surface area contributed by atoms with Gasteiger partial charge in [-0.25, -0.2) is 0 Å². The Labute approximate surface area is 120 Å². The first-order chi connectivity index (χ1) is 9.01. The lowest BCUT2D eigenvalue weighted by Crippen LogP contribution is -2.28. The Bertz CT molecular complexity index is 393. The van der Waals surface area contributed by atoms with Gasteiger partial charge in [-0.1, -0.05) is 20.8 Å². The van der Waals surface area contributed by atoms with E-state index >= 15 is 0 Å². The highest BCUT2D eigenvalue weighted by Crippen LogP contribution is 2.16. The van der Waals surface area contributed by atoms with Gasteiger partial charge in [0.1, 0.15) is 0 Å². The summed E-state index contributed by atoms with van der Waals surface area (Å²) in [7, 11) is 0. The molecule has 0 aliphatic rings. The molecule has 1 heterocycles. The van der Waals surface area contributed by atoms with Crippen molar-refractivity contribution in [3.63, 3.8) is 0 Å². The van der Waals surface area contributed by atoms with Crippen molar-refractivity contribution in [2.75, 3.05) is 23.3 Å². The molecule has 0 saturated heterocycles. The Morgan fingerprint density at radius 2 is 1.74 bits per heavy atom. The lowest BCUT2D eigenvalue weighted by Gasteiger charge is -2.22. The van der Waals surface area contributed by atoms with Crippen LogP contribution in [0.2, 0.25) is 5.28 Å². The number of nitrogens with one attached hydrogen (secondary N) is 1. The molecular weight excluding hydrogens is 262 g/mol. The SMILES string of the molecule is CCC(Nc1nc(Cl)nc(N(CC)CC)n1)C(C)C. The van der Waals surface area contributed by atoms with Gasteiger partial charge in [0.25, 0.3) is 0 Å². The molecule has 6 heteroatoms. The molecule has 0 saturated carbocycles. The fourth-order valence-electron chi connectivity index (χ4n) is 1.96. The van der Waals surface area contributed by atoms with Crippen LogP contribution in [-0.2, 0) is 0 Å². The molecule has 0 amide bonds. The van der Waals surface area contributed by atoms with Crippen molar-refractivity contribution in [3.8, 4) is 0 Å². The normalized spacial score (nSPS) is 12.6. The van der Waals surface area contributed by atoms with Gasteiger partial charge >= 0.3 is 0 Å². The summed E-state index contributed by atoms with van der Waals surface area (Å²) in [6.45, 7) is 12.3. The fourth-order valence-corrected chi connectivity index (χ4v) is 2.11. The van der Waals surface area contributed by atoms with Crippen LogP contribution in [-0.4, -0.2) is 34.1 Å². The third kappa shape index (κ3) is 4.49. The molecule has 0 bridgehead atoms. The third-order valence-electron chi connectivity index (χ3n) is 3.20. The van der Waals surface area contributed by atoms with Gasteiger partial charge in [0, 0.05) is 19.1 Å². The number of hydrogen-bond acceptors (Lipinski definition) is 5. The first-order valence-electron chi connectivity index (χ1n) is 6.94. The van der Waals surface area contributed by atoms with E-state index in [1.165, 1.54) is 0 Å². The van der Waals surface area contributed by atoms with Crippen molar-refractivity contribution in [2.45, 2.75) is 47.1 Å². The van der Waals surface area contributed by atoms with Crippen LogP contribution < -0.4 is 10.2 Å². The predicted octanol–water partition coefficient (Wildman–Crippen LogP) is 3.22. The van der Waals surface area contributed by atoms with Gasteiger partial charge in [-0.3, -0.25) is 0 Å². The number of rotatable bonds is 7. The first-order valence-corrected chi connectivity index (χ1v) is 7.32. The lowest BCUT2D eigenvalue weighted by molar-refractivity contribution is 0.508. The van der Waals surface area contributed by atoms with Crippen molar-refractivity contribution in [1.29, 1.82) is 0 Å². The molecular formula is C13H24ClN5. The van der Waals surface area contributed by atoms with Crippen LogP contribution in [0, 0.1) is 5.92 Å². The van der Waals surface area contributed by atoms with Crippen molar-refractivity contribution in [3.05, 3.63) is 5.28 Å². The standard InChI is InChI=1S/C13H24ClN5/c1-6-10(9(4)5)15-12-16-11(14)17-13(18-12)19(7-2)8-3/h9-10H,6-8H2,1-5H3,(H,15,16,17,18). The smallest absolute Gasteiger partial charge is 0.231 e. The van der Waals surface area contributed by atoms with E-state index in [0.29, 0.717) is 23.9 Å². The molecule has 0 spiro atoms. The second-order valence-electron chi connectivity index (χ2n) is 4.80. The zero-order valence-electron chi connectivity index (χ0n) is 12.4. The largest absolute Gasteiger partial charge is 0.351 e. The van der Waals surface area contributed by atoms with Gasteiger partial charge in [-0.05, 0) is 37.8 Å². The Hall–Kier alpha value is -1.10. The molecule has 0 aliphatic carbocycles. The summed E-state index contributed by atoms with van der Waals surface area (Å²) >= 11 is 5.99. The molecule has 1 aromatic heterocycles. The number of nitrogens with zero attached hydrogens (tertiary/aromatic N) is 4. The summed E-state index contributed by atoms with van der Waals surface area (Å²) in [4.78, 5) is 14.8. The van der Waals surface area contributed by atoms with Crippen LogP contribution in [0.1, 0.15) is 41.0 Å². The van der Waals surface area contributed by atoms with Gasteiger partial charge < -0.3 is 10.2 Å². The monoisotopic (exact) mass is 285 g/mol. The Kier molecular flexibility index (Phi) is 6.28. The third-order valence-corrected chi connectivity index (χ3v) is 3.37. The Morgan fingerprint density at radius 3 is 2.21 bits per heavy atom. The van der Waals surface area contributed by atoms with E-state index < -0.39 is 0 Å². The van der Waals surface area contributed by atoms with Gasteiger partial charge in [-0.2, -0.15) is 15.0 Å². The van der Waals surface area contributed by atoms with Crippen LogP contribution in [0.25, 0.3) is 0 Å². The van der Waals surface area contributed by atoms with Crippen LogP contribution in [0.4, 0.5) is 11.9 Å². The van der Waals surface area contributed by atoms with E-state index in [-0.39, 0.29) is 5.28 Å². The summed E-state index contributed by atoms with van der Waals surface area (Å²) in [5, 5.41) is 3.57. The number of aromatic nitrogens is 3. The Balaban J connectivity index is 2.96. The molecule has 5 nitrogen and oxygen atoms in total. The second kappa shape index (κ2) is 7.48. The van der Waals surface area contributed by atoms with E-state index in [1.807, 2.05) is 0 Å². The maximum absolute atomic E-state index is 5.99. The van der Waals surface area contributed by atoms with E-state index in [9.17, 15) is 0 Å². The zero-order chi connectivity index (χ0) is 14.4. The quantitative estimate of drug-likeness (QED) is 0.834. The maximum atomic E-state index is 5.99. The van der Waals surface area contributed by atoms with Crippen molar-refractivity contribution < 1.29 is 0 Å². The van der Waals surface area contributed by atoms with Crippen LogP contribution in [0.3, 0.4) is 0 Å². The second-order valence-corrected chi connectivity index (χ2v) is 5.14. The number of anilines is 2. The highest BCUT2D eigenvalue weighted by molar-refractivity contribution is 6.28. The summed E-state index contributed by atoms with van der Waals surface area (Å²) in [6.07, 6.45) is 1.02. The maximum Gasteiger partial charge on any atom is 0.231 e. The molecule has 0 aromatic carbocycles. The van der Waals surface area contributed by atoms with E-state index in [1.54, 1.807) is 0 Å². The average molecular weight is 286 g/mol. The summed E-state index contributed by atoms with van der Waals surface area (Å²) < 4.78 is 0. The molecule has 108 valence electrons. The van der Waals surface area contributed by atoms with E-state index in [0.717, 1.165) is 19.5 Å². The minimum Gasteiger partial charge on any atom is -0.351 e. The molecule has 19 heavy (non-hydrogen) atoms. The molecule has 1 N–H and O–H groups in total. The fraction of sp³-hybridized carbons (Fsp3) is 0.769. The highest BCUT2D eigenvalue weighted by atomic mass is 35.5. The number of halogens is 1. The van der Waals surface area contributed by atoms with E-state index in [4.69, 9.17) is 11.6 Å². The minimum absolute atomic E-state index is 0.234. The van der Waals surface area contributed by atoms with Crippen molar-refractivity contribution in [2.24, 2.45) is 5.92 Å². The molecule has 0 aliphatic heterocycles. The highest BCUT2D eigenvalue weighted by Gasteiger charge is 2.15. The molecule has 1 rings (SSSR count). The van der Waals surface area contributed by atoms with Crippen molar-refractivity contribution >= 4 is 23.5 Å². The molecule has 0 radical (unpaired) electrons. The Morgan fingerprint density at radius 1 is 1.11 bits per heavy atom. The topological polar surface area (TPSA) is 53.9 Å². The minimum atomic E-state index is 0.234. The van der Waals surface area contributed by atoms with Crippen LogP contribution in [0.15, 0.2) is 0 Å². The predicted molar refractivity (Wildman–Crippen MR) is 80.9 cm³/mol. The zero-order valence-corrected chi connectivity index (χ0v) is 13.2. The molecule has 0 fully saturated rings. The molecule has 1 aromatic rings. The summed E-state index contributed by atoms with van der Waals surface area (Å²) in [6, 6.07) is 0.336. The lowest BCUT2D eigenvalue weighted by atomic mass is 10.0. The van der Waals surface area contributed by atoms with Crippen LogP contribution in [0.5, 0.6) is 0 Å². The van der Waals surface area contributed by atoms with Gasteiger partial charge in [0.05, 0.1) is 0 Å². The first kappa shape index (κ1) is 16.0. The van der Waals surface area contributed by atoms with E-state index in [2.05, 4.69) is 59.8 Å². The average Bonchev–Trinajstić information content (AvgIpc) is 2.36. The summed E-state index contributed by atoms with van der Waals surface area (Å²) in [5.41, 5.74) is 0. The number of hydrogen-bond donors (Lipinski definition) is 1. The summed E-state index contributed by atoms with van der Waals surface area (Å²) in [5.74, 6) is 1.70. The molecule has 1 unspecified atom stereocenters.